The number of benzene rings is 1. The molecule has 2 aromatic rings. The highest BCUT2D eigenvalue weighted by Crippen LogP contribution is 2.32. The van der Waals surface area contributed by atoms with Gasteiger partial charge in [-0.2, -0.15) is 13.2 Å². The van der Waals surface area contributed by atoms with Crippen molar-refractivity contribution in [2.24, 2.45) is 0 Å². The zero-order valence-electron chi connectivity index (χ0n) is 10.5. The lowest BCUT2D eigenvalue weighted by atomic mass is 10.2. The second kappa shape index (κ2) is 5.62. The molecule has 3 N–H and O–H groups in total. The van der Waals surface area contributed by atoms with E-state index in [4.69, 9.17) is 5.73 Å². The molecular formula is C13H12F3N3S. The minimum absolute atomic E-state index is 0.0654. The third-order valence-corrected chi connectivity index (χ3v) is 3.24. The zero-order chi connectivity index (χ0) is 14.8. The Morgan fingerprint density at radius 3 is 2.60 bits per heavy atom. The predicted molar refractivity (Wildman–Crippen MR) is 75.2 cm³/mol. The van der Waals surface area contributed by atoms with Gasteiger partial charge in [-0.3, -0.25) is 0 Å². The van der Waals surface area contributed by atoms with Gasteiger partial charge in [0.1, 0.15) is 11.6 Å². The van der Waals surface area contributed by atoms with E-state index >= 15 is 0 Å². The Morgan fingerprint density at radius 1 is 1.20 bits per heavy atom. The smallest absolute Gasteiger partial charge is 0.384 e. The number of halogens is 3. The minimum Gasteiger partial charge on any atom is -0.384 e. The van der Waals surface area contributed by atoms with E-state index in [1.807, 2.05) is 24.5 Å². The number of anilines is 3. The Kier molecular flexibility index (Phi) is 4.08. The highest BCUT2D eigenvalue weighted by molar-refractivity contribution is 7.98. The number of hydrogen-bond donors (Lipinski definition) is 2. The standard InChI is InChI=1S/C13H12F3N3S/c1-20-10-4-2-3-9(7-10)18-12-6-8(13(14,15)16)5-11(17)19-12/h2-7H,1H3,(H3,17,18,19). The van der Waals surface area contributed by atoms with E-state index in [2.05, 4.69) is 10.3 Å². The molecule has 0 saturated carbocycles. The van der Waals surface area contributed by atoms with E-state index in [9.17, 15) is 13.2 Å². The molecule has 1 aromatic carbocycles. The van der Waals surface area contributed by atoms with Crippen LogP contribution in [0, 0.1) is 0 Å². The summed E-state index contributed by atoms with van der Waals surface area (Å²) in [5.41, 5.74) is 5.24. The molecule has 20 heavy (non-hydrogen) atoms. The maximum atomic E-state index is 12.7. The topological polar surface area (TPSA) is 50.9 Å². The summed E-state index contributed by atoms with van der Waals surface area (Å²) in [6.45, 7) is 0. The summed E-state index contributed by atoms with van der Waals surface area (Å²) in [4.78, 5) is 4.85. The molecule has 0 radical (unpaired) electrons. The van der Waals surface area contributed by atoms with Gasteiger partial charge in [-0.05, 0) is 36.6 Å². The molecule has 0 bridgehead atoms. The number of hydrogen-bond acceptors (Lipinski definition) is 4. The molecule has 106 valence electrons. The summed E-state index contributed by atoms with van der Waals surface area (Å²) in [5.74, 6) is -0.112. The molecule has 0 atom stereocenters. The molecule has 1 heterocycles. The van der Waals surface area contributed by atoms with Crippen molar-refractivity contribution in [3.63, 3.8) is 0 Å². The van der Waals surface area contributed by atoms with Crippen molar-refractivity contribution in [2.75, 3.05) is 17.3 Å². The van der Waals surface area contributed by atoms with Crippen LogP contribution < -0.4 is 11.1 Å². The van der Waals surface area contributed by atoms with E-state index in [0.29, 0.717) is 5.69 Å². The predicted octanol–water partition coefficient (Wildman–Crippen LogP) is 4.15. The molecule has 7 heteroatoms. The summed E-state index contributed by atoms with van der Waals surface area (Å²) < 4.78 is 38.1. The van der Waals surface area contributed by atoms with Crippen molar-refractivity contribution in [3.8, 4) is 0 Å². The monoisotopic (exact) mass is 299 g/mol. The van der Waals surface area contributed by atoms with E-state index in [-0.39, 0.29) is 11.6 Å². The van der Waals surface area contributed by atoms with Crippen LogP contribution in [0.15, 0.2) is 41.3 Å². The van der Waals surface area contributed by atoms with Crippen LogP contribution in [0.4, 0.5) is 30.5 Å². The van der Waals surface area contributed by atoms with E-state index in [1.54, 1.807) is 6.07 Å². The molecule has 0 aliphatic rings. The van der Waals surface area contributed by atoms with Gasteiger partial charge in [0.05, 0.1) is 5.56 Å². The van der Waals surface area contributed by atoms with Gasteiger partial charge < -0.3 is 11.1 Å². The summed E-state index contributed by atoms with van der Waals surface area (Å²) in [6.07, 6.45) is -2.53. The van der Waals surface area contributed by atoms with Crippen LogP contribution >= 0.6 is 11.8 Å². The highest BCUT2D eigenvalue weighted by atomic mass is 32.2. The Morgan fingerprint density at radius 2 is 1.95 bits per heavy atom. The third kappa shape index (κ3) is 3.57. The van der Waals surface area contributed by atoms with Gasteiger partial charge in [0, 0.05) is 10.6 Å². The second-order valence-electron chi connectivity index (χ2n) is 4.02. The molecule has 2 rings (SSSR count). The van der Waals surface area contributed by atoms with E-state index in [1.165, 1.54) is 11.8 Å². The molecule has 3 nitrogen and oxygen atoms in total. The van der Waals surface area contributed by atoms with Crippen LogP contribution in [-0.4, -0.2) is 11.2 Å². The van der Waals surface area contributed by atoms with Gasteiger partial charge in [-0.1, -0.05) is 6.07 Å². The van der Waals surface area contributed by atoms with Crippen molar-refractivity contribution < 1.29 is 13.2 Å². The second-order valence-corrected chi connectivity index (χ2v) is 4.90. The van der Waals surface area contributed by atoms with Crippen LogP contribution in [0.1, 0.15) is 5.56 Å². The van der Waals surface area contributed by atoms with Gasteiger partial charge in [-0.25, -0.2) is 4.98 Å². The maximum Gasteiger partial charge on any atom is 0.416 e. The average molecular weight is 299 g/mol. The van der Waals surface area contributed by atoms with Crippen molar-refractivity contribution in [1.29, 1.82) is 0 Å². The summed E-state index contributed by atoms with van der Waals surface area (Å²) in [7, 11) is 0. The number of pyridine rings is 1. The first kappa shape index (κ1) is 14.5. The Bertz CT molecular complexity index is 614. The number of nitrogen functional groups attached to an aromatic ring is 1. The average Bonchev–Trinajstić information content (AvgIpc) is 2.37. The number of thioether (sulfide) groups is 1. The number of nitrogens with one attached hydrogen (secondary N) is 1. The van der Waals surface area contributed by atoms with Crippen LogP contribution in [0.25, 0.3) is 0 Å². The van der Waals surface area contributed by atoms with Crippen molar-refractivity contribution in [1.82, 2.24) is 4.98 Å². The molecule has 0 aliphatic carbocycles. The molecule has 1 aromatic heterocycles. The van der Waals surface area contributed by atoms with Crippen molar-refractivity contribution in [3.05, 3.63) is 42.0 Å². The van der Waals surface area contributed by atoms with Crippen LogP contribution in [-0.2, 0) is 6.18 Å². The van der Waals surface area contributed by atoms with Gasteiger partial charge in [0.15, 0.2) is 0 Å². The number of alkyl halides is 3. The van der Waals surface area contributed by atoms with Crippen molar-refractivity contribution >= 4 is 29.1 Å². The first-order valence-corrected chi connectivity index (χ1v) is 6.87. The molecule has 0 fully saturated rings. The van der Waals surface area contributed by atoms with E-state index in [0.717, 1.165) is 17.0 Å². The van der Waals surface area contributed by atoms with Gasteiger partial charge in [0.2, 0.25) is 0 Å². The third-order valence-electron chi connectivity index (χ3n) is 2.51. The quantitative estimate of drug-likeness (QED) is 0.836. The molecule has 0 spiro atoms. The summed E-state index contributed by atoms with van der Waals surface area (Å²) in [5, 5.41) is 2.83. The maximum absolute atomic E-state index is 12.7. The lowest BCUT2D eigenvalue weighted by Crippen LogP contribution is -2.08. The van der Waals surface area contributed by atoms with Crippen LogP contribution in [0.2, 0.25) is 0 Å². The minimum atomic E-state index is -4.45. The number of nitrogens with two attached hydrogens (primary N) is 1. The fourth-order valence-electron chi connectivity index (χ4n) is 1.63. The van der Waals surface area contributed by atoms with Gasteiger partial charge in [0.25, 0.3) is 0 Å². The molecule has 0 aliphatic heterocycles. The molecule has 0 amide bonds. The first-order valence-electron chi connectivity index (χ1n) is 5.64. The first-order chi connectivity index (χ1) is 9.38. The number of rotatable bonds is 3. The van der Waals surface area contributed by atoms with Crippen LogP contribution in [0.5, 0.6) is 0 Å². The highest BCUT2D eigenvalue weighted by Gasteiger charge is 2.31. The lowest BCUT2D eigenvalue weighted by Gasteiger charge is -2.11. The number of nitrogens with zero attached hydrogens (tertiary/aromatic N) is 1. The fourth-order valence-corrected chi connectivity index (χ4v) is 2.09. The normalized spacial score (nSPS) is 11.4. The van der Waals surface area contributed by atoms with E-state index < -0.39 is 11.7 Å². The fraction of sp³-hybridized carbons (Fsp3) is 0.154. The number of aromatic nitrogens is 1. The van der Waals surface area contributed by atoms with Gasteiger partial charge in [-0.15, -0.1) is 11.8 Å². The Labute approximate surface area is 118 Å². The molecule has 0 unspecified atom stereocenters. The molecule has 0 saturated heterocycles. The van der Waals surface area contributed by atoms with Gasteiger partial charge >= 0.3 is 6.18 Å². The SMILES string of the molecule is CSc1cccc(Nc2cc(C(F)(F)F)cc(N)n2)c1. The van der Waals surface area contributed by atoms with Crippen molar-refractivity contribution in [2.45, 2.75) is 11.1 Å². The molecular weight excluding hydrogens is 287 g/mol. The summed E-state index contributed by atoms with van der Waals surface area (Å²) >= 11 is 1.54. The summed E-state index contributed by atoms with van der Waals surface area (Å²) in [6, 6.07) is 9.03. The lowest BCUT2D eigenvalue weighted by molar-refractivity contribution is -0.137. The zero-order valence-corrected chi connectivity index (χ0v) is 11.3. The largest absolute Gasteiger partial charge is 0.416 e. The Hall–Kier alpha value is -1.89. The Balaban J connectivity index is 2.31. The van der Waals surface area contributed by atoms with Crippen LogP contribution in [0.3, 0.4) is 0 Å².